The van der Waals surface area contributed by atoms with Gasteiger partial charge in [-0.15, -0.1) is 40.6 Å². The maximum absolute atomic E-state index is 13.2. The number of aryl methyl sites for hydroxylation is 2. The molecule has 2 aliphatic rings. The van der Waals surface area contributed by atoms with Crippen molar-refractivity contribution in [2.45, 2.75) is 13.8 Å². The number of pyridine rings is 1. The molecule has 0 amide bonds. The molecule has 5 heteroatoms. The molecule has 0 unspecified atom stereocenters. The van der Waals surface area contributed by atoms with Crippen molar-refractivity contribution in [3.05, 3.63) is 167 Å². The predicted octanol–water partition coefficient (Wildman–Crippen LogP) is 8.57. The van der Waals surface area contributed by atoms with Crippen LogP contribution in [0.1, 0.15) is 38.3 Å². The number of nitrogens with zero attached hydrogens (tertiary/aromatic N) is 3. The van der Waals surface area contributed by atoms with Gasteiger partial charge in [-0.05, 0) is 46.2 Å². The SMILES string of the molecule is C1=C/C(=C(\c2ccccc2)c2ccc[n-]2)N=C1.Cc1[c-]c(-c2cc3c4c(cccc4n2)-c2ccccc2C3=O)cc(C)c1.[Ir]. The number of carbonyl (C=O) groups is 1. The van der Waals surface area contributed by atoms with E-state index in [9.17, 15) is 4.79 Å². The Morgan fingerprint density at radius 2 is 1.55 bits per heavy atom. The number of carbonyl (C=O) groups excluding carboxylic acids is 1. The van der Waals surface area contributed by atoms with Crippen LogP contribution in [0.15, 0.2) is 132 Å². The van der Waals surface area contributed by atoms with E-state index in [4.69, 9.17) is 4.98 Å². The van der Waals surface area contributed by atoms with Crippen molar-refractivity contribution in [3.63, 3.8) is 0 Å². The Morgan fingerprint density at radius 3 is 2.27 bits per heavy atom. The molecule has 0 bridgehead atoms. The van der Waals surface area contributed by atoms with E-state index in [1.54, 1.807) is 12.4 Å². The smallest absolute Gasteiger partial charge is 0.193 e. The van der Waals surface area contributed by atoms with Crippen LogP contribution in [0.25, 0.3) is 38.9 Å². The van der Waals surface area contributed by atoms with Crippen molar-refractivity contribution in [2.24, 2.45) is 4.99 Å². The number of hydrogen-bond acceptors (Lipinski definition) is 3. The second kappa shape index (κ2) is 12.3. The van der Waals surface area contributed by atoms with Crippen LogP contribution in [0, 0.1) is 19.9 Å². The first kappa shape index (κ1) is 29.1. The topological polar surface area (TPSA) is 56.4 Å². The summed E-state index contributed by atoms with van der Waals surface area (Å²) in [4.78, 5) is 26.8. The summed E-state index contributed by atoms with van der Waals surface area (Å²) in [6.45, 7) is 4.09. The molecule has 215 valence electrons. The van der Waals surface area contributed by atoms with Crippen molar-refractivity contribution in [3.8, 4) is 22.4 Å². The summed E-state index contributed by atoms with van der Waals surface area (Å²) in [6, 6.07) is 37.5. The number of benzene rings is 4. The molecule has 6 aromatic rings. The molecular weight excluding hydrogens is 719 g/mol. The molecule has 0 atom stereocenters. The third-order valence-electron chi connectivity index (χ3n) is 7.65. The Hall–Kier alpha value is -4.96. The van der Waals surface area contributed by atoms with Crippen LogP contribution in [0.2, 0.25) is 0 Å². The van der Waals surface area contributed by atoms with Gasteiger partial charge in [-0.25, -0.2) is 0 Å². The third kappa shape index (κ3) is 5.44. The van der Waals surface area contributed by atoms with Crippen LogP contribution in [0.4, 0.5) is 0 Å². The summed E-state index contributed by atoms with van der Waals surface area (Å²) in [6.07, 6.45) is 7.57. The molecule has 1 aliphatic carbocycles. The molecule has 8 rings (SSSR count). The van der Waals surface area contributed by atoms with Crippen molar-refractivity contribution in [1.82, 2.24) is 9.97 Å². The van der Waals surface area contributed by atoms with E-state index in [0.717, 1.165) is 78.1 Å². The standard InChI is InChI=1S/C24H16NO.C15H11N2.Ir/c1-14-10-15(2)12-16(11-14)22-13-20-23-18(8-5-9-21(23)25-22)17-6-3-4-7-19(17)24(20)26;1-2-6-12(7-3-1)15(13-8-4-10-16-13)14-9-5-11-17-14;/h3-11,13H,1-2H3;1-11H;/q2*-1;/b;15-13-;. The van der Waals surface area contributed by atoms with Crippen LogP contribution in [-0.2, 0) is 20.1 Å². The zero-order chi connectivity index (χ0) is 29.3. The normalized spacial score (nSPS) is 13.6. The van der Waals surface area contributed by atoms with Gasteiger partial charge in [-0.3, -0.25) is 14.8 Å². The van der Waals surface area contributed by atoms with Gasteiger partial charge in [0.1, 0.15) is 0 Å². The second-order valence-electron chi connectivity index (χ2n) is 10.7. The van der Waals surface area contributed by atoms with E-state index >= 15 is 0 Å². The van der Waals surface area contributed by atoms with Crippen molar-refractivity contribution >= 4 is 28.5 Å². The molecule has 44 heavy (non-hydrogen) atoms. The second-order valence-corrected chi connectivity index (χ2v) is 10.7. The number of hydrogen-bond donors (Lipinski definition) is 0. The van der Waals surface area contributed by atoms with Gasteiger partial charge in [-0.1, -0.05) is 98.8 Å². The predicted molar refractivity (Wildman–Crippen MR) is 174 cm³/mol. The Balaban J connectivity index is 0.000000166. The minimum absolute atomic E-state index is 0. The molecule has 3 heterocycles. The summed E-state index contributed by atoms with van der Waals surface area (Å²) >= 11 is 0. The maximum Gasteiger partial charge on any atom is 0.193 e. The number of aliphatic imine (C=N–C) groups is 1. The Morgan fingerprint density at radius 1 is 0.773 bits per heavy atom. The van der Waals surface area contributed by atoms with Gasteiger partial charge in [0.25, 0.3) is 0 Å². The molecule has 4 nitrogen and oxygen atoms in total. The first-order valence-corrected chi connectivity index (χ1v) is 14.2. The average molecular weight is 746 g/mol. The third-order valence-corrected chi connectivity index (χ3v) is 7.65. The fourth-order valence-electron chi connectivity index (χ4n) is 5.85. The van der Waals surface area contributed by atoms with E-state index in [1.807, 2.05) is 91.9 Å². The summed E-state index contributed by atoms with van der Waals surface area (Å²) < 4.78 is 0. The Bertz CT molecular complexity index is 2070. The summed E-state index contributed by atoms with van der Waals surface area (Å²) in [5, 5.41) is 0.948. The van der Waals surface area contributed by atoms with Gasteiger partial charge in [0.15, 0.2) is 5.78 Å². The zero-order valence-electron chi connectivity index (χ0n) is 24.2. The van der Waals surface area contributed by atoms with Gasteiger partial charge < -0.3 is 4.98 Å². The number of aromatic nitrogens is 2. The van der Waals surface area contributed by atoms with Crippen LogP contribution in [0.3, 0.4) is 0 Å². The molecule has 0 saturated carbocycles. The molecule has 4 aromatic carbocycles. The molecule has 0 saturated heterocycles. The van der Waals surface area contributed by atoms with Crippen molar-refractivity contribution in [2.75, 3.05) is 0 Å². The molecule has 0 fully saturated rings. The van der Waals surface area contributed by atoms with Gasteiger partial charge >= 0.3 is 0 Å². The monoisotopic (exact) mass is 746 g/mol. The largest absolute Gasteiger partial charge is 0.664 e. The van der Waals surface area contributed by atoms with Crippen LogP contribution in [-0.4, -0.2) is 17.0 Å². The Kier molecular flexibility index (Phi) is 8.17. The summed E-state index contributed by atoms with van der Waals surface area (Å²) in [7, 11) is 0. The van der Waals surface area contributed by atoms with Gasteiger partial charge in [-0.2, -0.15) is 6.20 Å². The summed E-state index contributed by atoms with van der Waals surface area (Å²) in [5.74, 6) is 0.0670. The molecule has 1 radical (unpaired) electrons. The van der Waals surface area contributed by atoms with E-state index in [0.29, 0.717) is 0 Å². The summed E-state index contributed by atoms with van der Waals surface area (Å²) in [5.41, 5.74) is 12.5. The van der Waals surface area contributed by atoms with Crippen molar-refractivity contribution < 1.29 is 24.9 Å². The van der Waals surface area contributed by atoms with Gasteiger partial charge in [0, 0.05) is 42.8 Å². The van der Waals surface area contributed by atoms with E-state index in [-0.39, 0.29) is 25.9 Å². The first-order chi connectivity index (χ1) is 21.1. The average Bonchev–Trinajstić information content (AvgIpc) is 3.76. The van der Waals surface area contributed by atoms with E-state index in [2.05, 4.69) is 53.3 Å². The molecular formula is C39H27IrN3O-2. The Labute approximate surface area is 270 Å². The molecule has 1 aliphatic heterocycles. The van der Waals surface area contributed by atoms with Gasteiger partial charge in [0.2, 0.25) is 0 Å². The minimum atomic E-state index is 0. The van der Waals surface area contributed by atoms with E-state index < -0.39 is 0 Å². The quantitative estimate of drug-likeness (QED) is 0.171. The minimum Gasteiger partial charge on any atom is -0.664 e. The first-order valence-electron chi connectivity index (χ1n) is 14.2. The van der Waals surface area contributed by atoms with E-state index in [1.165, 1.54) is 0 Å². The van der Waals surface area contributed by atoms with Crippen LogP contribution >= 0.6 is 0 Å². The zero-order valence-corrected chi connectivity index (χ0v) is 26.6. The number of allylic oxidation sites excluding steroid dienone is 2. The van der Waals surface area contributed by atoms with Crippen molar-refractivity contribution in [1.29, 1.82) is 0 Å². The number of ketones is 1. The molecule has 2 aromatic heterocycles. The van der Waals surface area contributed by atoms with Crippen LogP contribution in [0.5, 0.6) is 0 Å². The fourth-order valence-corrected chi connectivity index (χ4v) is 5.85. The number of rotatable bonds is 3. The molecule has 0 N–H and O–H groups in total. The van der Waals surface area contributed by atoms with Crippen LogP contribution < -0.4 is 4.98 Å². The number of fused-ring (bicyclic) bond motifs is 2. The molecule has 0 spiro atoms. The van der Waals surface area contributed by atoms with Gasteiger partial charge in [0.05, 0.1) is 11.2 Å². The fraction of sp³-hybridized carbons (Fsp3) is 0.0513. The maximum atomic E-state index is 13.2.